The zero-order valence-corrected chi connectivity index (χ0v) is 13.3. The largest absolute Gasteiger partial charge is 0.305 e. The van der Waals surface area contributed by atoms with Gasteiger partial charge in [0.05, 0.1) is 5.75 Å². The SMILES string of the molecule is Cn1c(SCC(=O)c2ccccc2)nnc1-c1cccc(F)c1. The van der Waals surface area contributed by atoms with Crippen molar-refractivity contribution in [3.05, 3.63) is 66.0 Å². The summed E-state index contributed by atoms with van der Waals surface area (Å²) in [5.41, 5.74) is 1.33. The quantitative estimate of drug-likeness (QED) is 0.531. The van der Waals surface area contributed by atoms with E-state index in [1.807, 2.05) is 18.2 Å². The summed E-state index contributed by atoms with van der Waals surface area (Å²) in [5, 5.41) is 8.80. The molecular formula is C17H14FN3OS. The Kier molecular flexibility index (Phi) is 4.52. The first-order valence-electron chi connectivity index (χ1n) is 7.01. The van der Waals surface area contributed by atoms with E-state index >= 15 is 0 Å². The highest BCUT2D eigenvalue weighted by Gasteiger charge is 2.14. The van der Waals surface area contributed by atoms with E-state index in [1.54, 1.807) is 35.9 Å². The van der Waals surface area contributed by atoms with Crippen LogP contribution in [0, 0.1) is 5.82 Å². The van der Waals surface area contributed by atoms with Crippen molar-refractivity contribution in [2.45, 2.75) is 5.16 Å². The molecule has 1 aromatic heterocycles. The summed E-state index contributed by atoms with van der Waals surface area (Å²) < 4.78 is 15.1. The molecule has 0 aliphatic heterocycles. The Morgan fingerprint density at radius 3 is 2.65 bits per heavy atom. The van der Waals surface area contributed by atoms with Gasteiger partial charge in [-0.25, -0.2) is 4.39 Å². The van der Waals surface area contributed by atoms with Gasteiger partial charge in [-0.3, -0.25) is 4.79 Å². The van der Waals surface area contributed by atoms with Crippen LogP contribution in [0.3, 0.4) is 0 Å². The smallest absolute Gasteiger partial charge is 0.191 e. The lowest BCUT2D eigenvalue weighted by Crippen LogP contribution is -2.03. The lowest BCUT2D eigenvalue weighted by atomic mass is 10.2. The molecule has 1 heterocycles. The third-order valence-corrected chi connectivity index (χ3v) is 4.37. The van der Waals surface area contributed by atoms with Crippen molar-refractivity contribution < 1.29 is 9.18 Å². The molecule has 2 aromatic carbocycles. The number of hydrogen-bond donors (Lipinski definition) is 0. The van der Waals surface area contributed by atoms with E-state index in [9.17, 15) is 9.18 Å². The topological polar surface area (TPSA) is 47.8 Å². The molecule has 0 saturated heterocycles. The van der Waals surface area contributed by atoms with Gasteiger partial charge in [0.1, 0.15) is 5.82 Å². The van der Waals surface area contributed by atoms with Crippen LogP contribution in [-0.2, 0) is 7.05 Å². The highest BCUT2D eigenvalue weighted by Crippen LogP contribution is 2.23. The van der Waals surface area contributed by atoms with Gasteiger partial charge in [0.25, 0.3) is 0 Å². The molecule has 23 heavy (non-hydrogen) atoms. The van der Waals surface area contributed by atoms with Crippen molar-refractivity contribution >= 4 is 17.5 Å². The van der Waals surface area contributed by atoms with Gasteiger partial charge in [-0.15, -0.1) is 10.2 Å². The van der Waals surface area contributed by atoms with Crippen molar-refractivity contribution in [2.24, 2.45) is 7.05 Å². The zero-order chi connectivity index (χ0) is 16.2. The van der Waals surface area contributed by atoms with Gasteiger partial charge in [0, 0.05) is 18.2 Å². The zero-order valence-electron chi connectivity index (χ0n) is 12.4. The average molecular weight is 327 g/mol. The number of nitrogens with zero attached hydrogens (tertiary/aromatic N) is 3. The standard InChI is InChI=1S/C17H14FN3OS/c1-21-16(13-8-5-9-14(18)10-13)19-20-17(21)23-11-15(22)12-6-3-2-4-7-12/h2-10H,11H2,1H3. The minimum absolute atomic E-state index is 0.0332. The number of ketones is 1. The van der Waals surface area contributed by atoms with Gasteiger partial charge < -0.3 is 4.57 Å². The molecule has 4 nitrogen and oxygen atoms in total. The van der Waals surface area contributed by atoms with E-state index in [2.05, 4.69) is 10.2 Å². The monoisotopic (exact) mass is 327 g/mol. The maximum Gasteiger partial charge on any atom is 0.191 e. The first kappa shape index (κ1) is 15.4. The van der Waals surface area contributed by atoms with Crippen LogP contribution in [0.4, 0.5) is 4.39 Å². The first-order chi connectivity index (χ1) is 11.1. The average Bonchev–Trinajstić information content (AvgIpc) is 2.94. The molecule has 0 fully saturated rings. The number of benzene rings is 2. The summed E-state index contributed by atoms with van der Waals surface area (Å²) >= 11 is 1.32. The Morgan fingerprint density at radius 2 is 1.91 bits per heavy atom. The molecule has 116 valence electrons. The third kappa shape index (κ3) is 3.48. The lowest BCUT2D eigenvalue weighted by molar-refractivity contribution is 0.102. The van der Waals surface area contributed by atoms with E-state index in [-0.39, 0.29) is 17.4 Å². The van der Waals surface area contributed by atoms with E-state index < -0.39 is 0 Å². The molecule has 0 saturated carbocycles. The van der Waals surface area contributed by atoms with Crippen LogP contribution in [0.5, 0.6) is 0 Å². The van der Waals surface area contributed by atoms with E-state index in [4.69, 9.17) is 0 Å². The molecule has 0 atom stereocenters. The number of Topliss-reactive ketones (excluding diaryl/α,β-unsaturated/α-hetero) is 1. The van der Waals surface area contributed by atoms with Crippen LogP contribution in [0.15, 0.2) is 59.8 Å². The van der Waals surface area contributed by atoms with Gasteiger partial charge in [-0.1, -0.05) is 54.2 Å². The van der Waals surface area contributed by atoms with Crippen molar-refractivity contribution in [3.63, 3.8) is 0 Å². The molecule has 0 N–H and O–H groups in total. The summed E-state index contributed by atoms with van der Waals surface area (Å²) in [6.45, 7) is 0. The number of carbonyl (C=O) groups excluding carboxylic acids is 1. The number of carbonyl (C=O) groups is 1. The Balaban J connectivity index is 1.74. The van der Waals surface area contributed by atoms with E-state index in [0.29, 0.717) is 22.1 Å². The van der Waals surface area contributed by atoms with Gasteiger partial charge >= 0.3 is 0 Å². The molecule has 0 aliphatic carbocycles. The number of hydrogen-bond acceptors (Lipinski definition) is 4. The fourth-order valence-electron chi connectivity index (χ4n) is 2.16. The number of aromatic nitrogens is 3. The normalized spacial score (nSPS) is 10.7. The number of halogens is 1. The molecule has 3 rings (SSSR count). The summed E-state index contributed by atoms with van der Waals surface area (Å²) in [5.74, 6) is 0.558. The van der Waals surface area contributed by atoms with E-state index in [1.165, 1.54) is 23.9 Å². The predicted molar refractivity (Wildman–Crippen MR) is 87.9 cm³/mol. The second kappa shape index (κ2) is 6.75. The van der Waals surface area contributed by atoms with Crippen LogP contribution < -0.4 is 0 Å². The summed E-state index contributed by atoms with van der Waals surface area (Å²) in [6, 6.07) is 15.3. The minimum Gasteiger partial charge on any atom is -0.305 e. The number of thioether (sulfide) groups is 1. The molecular weight excluding hydrogens is 313 g/mol. The first-order valence-corrected chi connectivity index (χ1v) is 8.00. The predicted octanol–water partition coefficient (Wildman–Crippen LogP) is 3.60. The molecule has 0 amide bonds. The van der Waals surface area contributed by atoms with Gasteiger partial charge in [0.2, 0.25) is 0 Å². The fourth-order valence-corrected chi connectivity index (χ4v) is 2.96. The summed E-state index contributed by atoms with van der Waals surface area (Å²) in [6.07, 6.45) is 0. The van der Waals surface area contributed by atoms with E-state index in [0.717, 1.165) is 0 Å². The van der Waals surface area contributed by atoms with Gasteiger partial charge in [0.15, 0.2) is 16.8 Å². The van der Waals surface area contributed by atoms with Crippen molar-refractivity contribution in [2.75, 3.05) is 5.75 Å². The van der Waals surface area contributed by atoms with Crippen LogP contribution in [-0.4, -0.2) is 26.3 Å². The maximum absolute atomic E-state index is 13.3. The van der Waals surface area contributed by atoms with Gasteiger partial charge in [-0.05, 0) is 12.1 Å². The lowest BCUT2D eigenvalue weighted by Gasteiger charge is -2.04. The molecule has 0 bridgehead atoms. The van der Waals surface area contributed by atoms with Crippen LogP contribution in [0.1, 0.15) is 10.4 Å². The van der Waals surface area contributed by atoms with Gasteiger partial charge in [-0.2, -0.15) is 0 Å². The molecule has 0 radical (unpaired) electrons. The Labute approximate surface area is 137 Å². The van der Waals surface area contributed by atoms with Crippen LogP contribution >= 0.6 is 11.8 Å². The fraction of sp³-hybridized carbons (Fsp3) is 0.118. The Morgan fingerprint density at radius 1 is 1.13 bits per heavy atom. The van der Waals surface area contributed by atoms with Crippen LogP contribution in [0.2, 0.25) is 0 Å². The van der Waals surface area contributed by atoms with Crippen molar-refractivity contribution in [1.29, 1.82) is 0 Å². The molecule has 0 aliphatic rings. The van der Waals surface area contributed by atoms with Crippen LogP contribution in [0.25, 0.3) is 11.4 Å². The second-order valence-electron chi connectivity index (χ2n) is 4.95. The Hall–Kier alpha value is -2.47. The highest BCUT2D eigenvalue weighted by molar-refractivity contribution is 7.99. The molecule has 6 heteroatoms. The van der Waals surface area contributed by atoms with Crippen molar-refractivity contribution in [1.82, 2.24) is 14.8 Å². The summed E-state index contributed by atoms with van der Waals surface area (Å²) in [4.78, 5) is 12.1. The molecule has 0 unspecified atom stereocenters. The van der Waals surface area contributed by atoms with Crippen molar-refractivity contribution in [3.8, 4) is 11.4 Å². The Bertz CT molecular complexity index is 833. The minimum atomic E-state index is -0.320. The summed E-state index contributed by atoms with van der Waals surface area (Å²) in [7, 11) is 1.80. The number of rotatable bonds is 5. The second-order valence-corrected chi connectivity index (χ2v) is 5.90. The highest BCUT2D eigenvalue weighted by atomic mass is 32.2. The maximum atomic E-state index is 13.3. The third-order valence-electron chi connectivity index (χ3n) is 3.35. The molecule has 3 aromatic rings. The molecule has 0 spiro atoms.